The highest BCUT2D eigenvalue weighted by Crippen LogP contribution is 2.69. The summed E-state index contributed by atoms with van der Waals surface area (Å²) in [7, 11) is 0. The van der Waals surface area contributed by atoms with E-state index in [0.29, 0.717) is 10.8 Å². The van der Waals surface area contributed by atoms with Crippen LogP contribution in [0.25, 0.3) is 0 Å². The first-order valence-electron chi connectivity index (χ1n) is 14.4. The highest BCUT2D eigenvalue weighted by atomic mass is 16.3. The fourth-order valence-corrected chi connectivity index (χ4v) is 10.1. The summed E-state index contributed by atoms with van der Waals surface area (Å²) in [5.74, 6) is 6.19. The van der Waals surface area contributed by atoms with E-state index in [1.54, 1.807) is 5.57 Å². The quantitative estimate of drug-likeness (QED) is 0.408. The lowest BCUT2D eigenvalue weighted by Crippen LogP contribution is -2.54. The minimum atomic E-state index is -0.165. The van der Waals surface area contributed by atoms with Gasteiger partial charge in [0.15, 0.2) is 0 Å². The molecule has 4 rings (SSSR count). The largest absolute Gasteiger partial charge is 0.392 e. The van der Waals surface area contributed by atoms with Gasteiger partial charge in [-0.05, 0) is 104 Å². The molecule has 1 heteroatoms. The van der Waals surface area contributed by atoms with Gasteiger partial charge < -0.3 is 5.11 Å². The van der Waals surface area contributed by atoms with Crippen LogP contribution in [-0.2, 0) is 0 Å². The lowest BCUT2D eigenvalue weighted by atomic mass is 9.44. The van der Waals surface area contributed by atoms with Gasteiger partial charge in [-0.2, -0.15) is 0 Å². The van der Waals surface area contributed by atoms with E-state index in [1.807, 2.05) is 0 Å². The van der Waals surface area contributed by atoms with Gasteiger partial charge >= 0.3 is 0 Å². The number of aliphatic hydroxyl groups excluding tert-OH is 1. The maximum atomic E-state index is 10.8. The first-order valence-corrected chi connectivity index (χ1v) is 14.4. The Balaban J connectivity index is 1.52. The third-order valence-corrected chi connectivity index (χ3v) is 12.1. The van der Waals surface area contributed by atoms with Crippen molar-refractivity contribution in [1.82, 2.24) is 0 Å². The summed E-state index contributed by atoms with van der Waals surface area (Å²) < 4.78 is 0. The van der Waals surface area contributed by atoms with Crippen LogP contribution in [0.3, 0.4) is 0 Å². The Kier molecular flexibility index (Phi) is 6.77. The summed E-state index contributed by atoms with van der Waals surface area (Å²) in [5, 5.41) is 10.8. The SMILES string of the molecule is CC[C@H](CC[C@@H](C)[C@H]1CC[C@H]2[C@@H]3CC=C4C(C)(C)[C@@H](O)CC[C@]4(C)[C@H]3CC[C@]12C)C(C)C. The van der Waals surface area contributed by atoms with Crippen LogP contribution < -0.4 is 0 Å². The molecule has 32 heavy (non-hydrogen) atoms. The van der Waals surface area contributed by atoms with Crippen LogP contribution in [-0.4, -0.2) is 11.2 Å². The van der Waals surface area contributed by atoms with Crippen molar-refractivity contribution in [2.75, 3.05) is 0 Å². The molecule has 1 nitrogen and oxygen atoms in total. The Hall–Kier alpha value is -0.300. The number of hydrogen-bond donors (Lipinski definition) is 1. The molecule has 0 bridgehead atoms. The third-order valence-electron chi connectivity index (χ3n) is 12.1. The molecule has 0 radical (unpaired) electrons. The first kappa shape index (κ1) is 24.8. The van der Waals surface area contributed by atoms with Gasteiger partial charge in [0.2, 0.25) is 0 Å². The maximum Gasteiger partial charge on any atom is 0.0628 e. The lowest BCUT2D eigenvalue weighted by Gasteiger charge is -2.61. The van der Waals surface area contributed by atoms with E-state index in [0.717, 1.165) is 47.8 Å². The molecule has 1 N–H and O–H groups in total. The molecule has 3 fully saturated rings. The first-order chi connectivity index (χ1) is 15.0. The molecule has 0 aliphatic heterocycles. The minimum Gasteiger partial charge on any atom is -0.392 e. The third kappa shape index (κ3) is 3.76. The second kappa shape index (κ2) is 8.73. The van der Waals surface area contributed by atoms with Crippen molar-refractivity contribution in [3.63, 3.8) is 0 Å². The highest BCUT2D eigenvalue weighted by Gasteiger charge is 2.61. The second-order valence-corrected chi connectivity index (χ2v) is 14.1. The molecule has 9 atom stereocenters. The van der Waals surface area contributed by atoms with Crippen molar-refractivity contribution in [1.29, 1.82) is 0 Å². The molecule has 0 unspecified atom stereocenters. The number of fused-ring (bicyclic) bond motifs is 5. The normalized spacial score (nSPS) is 44.9. The number of aliphatic hydroxyl groups is 1. The minimum absolute atomic E-state index is 0.0440. The highest BCUT2D eigenvalue weighted by molar-refractivity contribution is 5.31. The van der Waals surface area contributed by atoms with Crippen molar-refractivity contribution in [2.45, 2.75) is 126 Å². The molecule has 4 aliphatic carbocycles. The predicted octanol–water partition coefficient (Wildman–Crippen LogP) is 8.66. The van der Waals surface area contributed by atoms with E-state index in [-0.39, 0.29) is 11.5 Å². The molecule has 4 aliphatic rings. The average molecular weight is 443 g/mol. The van der Waals surface area contributed by atoms with Crippen LogP contribution in [0.2, 0.25) is 0 Å². The van der Waals surface area contributed by atoms with E-state index < -0.39 is 0 Å². The van der Waals surface area contributed by atoms with Crippen LogP contribution in [0.15, 0.2) is 11.6 Å². The molecule has 184 valence electrons. The topological polar surface area (TPSA) is 20.2 Å². The van der Waals surface area contributed by atoms with Gasteiger partial charge in [0, 0.05) is 5.41 Å². The molecule has 0 aromatic rings. The molecular weight excluding hydrogens is 388 g/mol. The Morgan fingerprint density at radius 1 is 0.938 bits per heavy atom. The molecule has 0 saturated heterocycles. The van der Waals surface area contributed by atoms with Gasteiger partial charge in [0.25, 0.3) is 0 Å². The number of rotatable bonds is 6. The lowest BCUT2D eigenvalue weighted by molar-refractivity contribution is -0.0783. The van der Waals surface area contributed by atoms with Gasteiger partial charge in [0.05, 0.1) is 6.10 Å². The monoisotopic (exact) mass is 442 g/mol. The summed E-state index contributed by atoms with van der Waals surface area (Å²) in [4.78, 5) is 0. The van der Waals surface area contributed by atoms with Crippen molar-refractivity contribution in [3.05, 3.63) is 11.6 Å². The van der Waals surface area contributed by atoms with E-state index in [2.05, 4.69) is 61.5 Å². The predicted molar refractivity (Wildman–Crippen MR) is 137 cm³/mol. The van der Waals surface area contributed by atoms with Crippen LogP contribution >= 0.6 is 0 Å². The van der Waals surface area contributed by atoms with Crippen LogP contribution in [0.4, 0.5) is 0 Å². The zero-order chi connectivity index (χ0) is 23.5. The Morgan fingerprint density at radius 2 is 1.66 bits per heavy atom. The summed E-state index contributed by atoms with van der Waals surface area (Å²) in [5.41, 5.74) is 2.45. The van der Waals surface area contributed by atoms with Gasteiger partial charge in [-0.3, -0.25) is 0 Å². The zero-order valence-corrected chi connectivity index (χ0v) is 22.7. The smallest absolute Gasteiger partial charge is 0.0628 e. The van der Waals surface area contributed by atoms with E-state index >= 15 is 0 Å². The van der Waals surface area contributed by atoms with E-state index in [9.17, 15) is 5.11 Å². The molecule has 0 amide bonds. The summed E-state index contributed by atoms with van der Waals surface area (Å²) >= 11 is 0. The van der Waals surface area contributed by atoms with Gasteiger partial charge in [-0.15, -0.1) is 0 Å². The fraction of sp³-hybridized carbons (Fsp3) is 0.935. The van der Waals surface area contributed by atoms with Crippen molar-refractivity contribution in [2.24, 2.45) is 57.7 Å². The maximum absolute atomic E-state index is 10.8. The van der Waals surface area contributed by atoms with Crippen molar-refractivity contribution >= 4 is 0 Å². The average Bonchev–Trinajstić information content (AvgIpc) is 3.08. The van der Waals surface area contributed by atoms with Crippen molar-refractivity contribution < 1.29 is 5.11 Å². The van der Waals surface area contributed by atoms with E-state index in [1.165, 1.54) is 57.8 Å². The van der Waals surface area contributed by atoms with Gasteiger partial charge in [-0.25, -0.2) is 0 Å². The van der Waals surface area contributed by atoms with Crippen LogP contribution in [0.1, 0.15) is 120 Å². The molecular formula is C31H54O. The Labute approximate surface area is 200 Å². The van der Waals surface area contributed by atoms with Gasteiger partial charge in [0.1, 0.15) is 0 Å². The number of allylic oxidation sites excluding steroid dienone is 1. The molecule has 0 heterocycles. The standard InChI is InChI=1S/C31H54O/c1-9-22(20(2)3)11-10-21(4)24-13-14-25-23-12-15-27-29(5,6)28(32)17-19-31(27,8)26(23)16-18-30(24,25)7/h15,20-26,28,32H,9-14,16-19H2,1-8H3/t21-,22-,23+,24-,25+,26+,28+,30-,31-/m1/s1. The number of hydrogen-bond acceptors (Lipinski definition) is 1. The van der Waals surface area contributed by atoms with Crippen LogP contribution in [0.5, 0.6) is 0 Å². The van der Waals surface area contributed by atoms with Gasteiger partial charge in [-0.1, -0.05) is 79.9 Å². The molecule has 0 aromatic carbocycles. The Morgan fingerprint density at radius 3 is 2.31 bits per heavy atom. The summed E-state index contributed by atoms with van der Waals surface area (Å²) in [6.45, 7) is 19.7. The second-order valence-electron chi connectivity index (χ2n) is 14.1. The van der Waals surface area contributed by atoms with E-state index in [4.69, 9.17) is 0 Å². The molecule has 0 spiro atoms. The van der Waals surface area contributed by atoms with Crippen LogP contribution in [0, 0.1) is 57.7 Å². The summed E-state index contributed by atoms with van der Waals surface area (Å²) in [6.07, 6.45) is 15.9. The molecule has 0 aromatic heterocycles. The Bertz CT molecular complexity index is 703. The summed E-state index contributed by atoms with van der Waals surface area (Å²) in [6, 6.07) is 0. The van der Waals surface area contributed by atoms with Crippen molar-refractivity contribution in [3.8, 4) is 0 Å². The fourth-order valence-electron chi connectivity index (χ4n) is 10.1. The molecule has 3 saturated carbocycles. The zero-order valence-electron chi connectivity index (χ0n) is 22.7.